The van der Waals surface area contributed by atoms with E-state index in [2.05, 4.69) is 15.3 Å². The first-order chi connectivity index (χ1) is 11.1. The zero-order chi connectivity index (χ0) is 16.0. The van der Waals surface area contributed by atoms with E-state index >= 15 is 0 Å². The van der Waals surface area contributed by atoms with Gasteiger partial charge in [0.25, 0.3) is 0 Å². The summed E-state index contributed by atoms with van der Waals surface area (Å²) in [5.74, 6) is -0.367. The number of hydrogen-bond donors (Lipinski definition) is 1. The third-order valence-electron chi connectivity index (χ3n) is 3.84. The Morgan fingerprint density at radius 1 is 1.00 bits per heavy atom. The molecule has 0 bridgehead atoms. The summed E-state index contributed by atoms with van der Waals surface area (Å²) in [5.41, 5.74) is 2.57. The van der Waals surface area contributed by atoms with Crippen molar-refractivity contribution < 1.29 is 9.90 Å². The summed E-state index contributed by atoms with van der Waals surface area (Å²) in [4.78, 5) is 11.0. The second-order valence-electron chi connectivity index (χ2n) is 5.27. The number of nitrogens with zero attached hydrogens (tertiary/aromatic N) is 4. The quantitative estimate of drug-likeness (QED) is 0.616. The lowest BCUT2D eigenvalue weighted by Crippen LogP contribution is -2.00. The molecule has 0 unspecified atom stereocenters. The van der Waals surface area contributed by atoms with Crippen molar-refractivity contribution in [3.8, 4) is 11.4 Å². The van der Waals surface area contributed by atoms with Crippen molar-refractivity contribution in [1.29, 1.82) is 0 Å². The topological polar surface area (TPSA) is 80.4 Å². The van der Waals surface area contributed by atoms with Crippen molar-refractivity contribution >= 4 is 22.4 Å². The van der Waals surface area contributed by atoms with E-state index in [-0.39, 0.29) is 5.56 Å². The van der Waals surface area contributed by atoms with Gasteiger partial charge >= 0.3 is 5.97 Å². The Bertz CT molecular complexity index is 1050. The van der Waals surface area contributed by atoms with E-state index in [1.54, 1.807) is 28.8 Å². The van der Waals surface area contributed by atoms with Gasteiger partial charge < -0.3 is 5.11 Å². The van der Waals surface area contributed by atoms with Crippen LogP contribution in [0.15, 0.2) is 48.5 Å². The lowest BCUT2D eigenvalue weighted by molar-refractivity contribution is 0.0697. The summed E-state index contributed by atoms with van der Waals surface area (Å²) < 4.78 is 1.70. The predicted molar refractivity (Wildman–Crippen MR) is 85.4 cm³/mol. The molecule has 0 fully saturated rings. The second-order valence-corrected chi connectivity index (χ2v) is 5.27. The van der Waals surface area contributed by atoms with Crippen LogP contribution in [0.5, 0.6) is 0 Å². The van der Waals surface area contributed by atoms with Crippen molar-refractivity contribution in [2.75, 3.05) is 0 Å². The van der Waals surface area contributed by atoms with E-state index in [0.717, 1.165) is 22.0 Å². The van der Waals surface area contributed by atoms with E-state index in [1.165, 1.54) is 0 Å². The molecule has 112 valence electrons. The van der Waals surface area contributed by atoms with Gasteiger partial charge in [-0.25, -0.2) is 4.79 Å². The third kappa shape index (κ3) is 2.03. The number of carbonyl (C=O) groups is 1. The molecule has 4 rings (SSSR count). The van der Waals surface area contributed by atoms with Crippen LogP contribution in [0, 0.1) is 6.92 Å². The molecule has 0 atom stereocenters. The van der Waals surface area contributed by atoms with E-state index in [4.69, 9.17) is 5.11 Å². The van der Waals surface area contributed by atoms with Crippen LogP contribution in [0.25, 0.3) is 27.8 Å². The average molecular weight is 304 g/mol. The van der Waals surface area contributed by atoms with E-state index in [9.17, 15) is 4.79 Å². The van der Waals surface area contributed by atoms with Crippen molar-refractivity contribution in [1.82, 2.24) is 19.8 Å². The Kier molecular flexibility index (Phi) is 2.84. The molecule has 23 heavy (non-hydrogen) atoms. The minimum atomic E-state index is -0.956. The minimum absolute atomic E-state index is 0.233. The number of hydrogen-bond acceptors (Lipinski definition) is 4. The molecule has 0 amide bonds. The Balaban J connectivity index is 1.96. The first-order valence-electron chi connectivity index (χ1n) is 7.09. The largest absolute Gasteiger partial charge is 0.478 e. The van der Waals surface area contributed by atoms with Gasteiger partial charge in [-0.15, -0.1) is 10.2 Å². The smallest absolute Gasteiger partial charge is 0.335 e. The summed E-state index contributed by atoms with van der Waals surface area (Å²) in [7, 11) is 0. The van der Waals surface area contributed by atoms with E-state index < -0.39 is 5.97 Å². The first-order valence-corrected chi connectivity index (χ1v) is 7.09. The van der Waals surface area contributed by atoms with Gasteiger partial charge in [-0.1, -0.05) is 36.4 Å². The zero-order valence-electron chi connectivity index (χ0n) is 12.3. The maximum Gasteiger partial charge on any atom is 0.335 e. The van der Waals surface area contributed by atoms with Crippen molar-refractivity contribution in [3.05, 3.63) is 59.8 Å². The van der Waals surface area contributed by atoms with Gasteiger partial charge in [0.1, 0.15) is 0 Å². The molecule has 0 spiro atoms. The normalized spacial score (nSPS) is 11.2. The number of aryl methyl sites for hydroxylation is 1. The fourth-order valence-corrected chi connectivity index (χ4v) is 2.68. The van der Waals surface area contributed by atoms with E-state index in [0.29, 0.717) is 11.5 Å². The number of benzene rings is 2. The molecule has 0 saturated carbocycles. The molecule has 0 radical (unpaired) electrons. The molecule has 6 nitrogen and oxygen atoms in total. The molecule has 1 N–H and O–H groups in total. The first kappa shape index (κ1) is 13.4. The van der Waals surface area contributed by atoms with Gasteiger partial charge in [0.05, 0.1) is 11.3 Å². The monoisotopic (exact) mass is 304 g/mol. The van der Waals surface area contributed by atoms with Gasteiger partial charge in [0.2, 0.25) is 0 Å². The SMILES string of the molecule is Cc1nn2c(-c3ccc(C(=O)O)cc3)nnc2c2ccccc12. The van der Waals surface area contributed by atoms with Crippen LogP contribution < -0.4 is 0 Å². The molecule has 2 aromatic carbocycles. The maximum atomic E-state index is 11.0. The Hall–Kier alpha value is -3.28. The maximum absolute atomic E-state index is 11.0. The summed E-state index contributed by atoms with van der Waals surface area (Å²) >= 11 is 0. The number of carboxylic acid groups (broad SMARTS) is 1. The predicted octanol–water partition coefficient (Wildman–Crippen LogP) is 2.95. The molecule has 2 heterocycles. The van der Waals surface area contributed by atoms with Crippen molar-refractivity contribution in [2.45, 2.75) is 6.92 Å². The molecular formula is C17H12N4O2. The highest BCUT2D eigenvalue weighted by molar-refractivity contribution is 5.95. The highest BCUT2D eigenvalue weighted by Gasteiger charge is 2.14. The lowest BCUT2D eigenvalue weighted by Gasteiger charge is -2.05. The number of aromatic carboxylic acids is 1. The van der Waals surface area contributed by atoms with Crippen LogP contribution in [0.1, 0.15) is 16.1 Å². The zero-order valence-corrected chi connectivity index (χ0v) is 12.3. The fraction of sp³-hybridized carbons (Fsp3) is 0.0588. The van der Waals surface area contributed by atoms with Crippen LogP contribution in [-0.2, 0) is 0 Å². The van der Waals surface area contributed by atoms with Gasteiger partial charge in [-0.2, -0.15) is 9.61 Å². The van der Waals surface area contributed by atoms with Gasteiger partial charge in [-0.05, 0) is 19.1 Å². The van der Waals surface area contributed by atoms with Crippen molar-refractivity contribution in [3.63, 3.8) is 0 Å². The van der Waals surface area contributed by atoms with E-state index in [1.807, 2.05) is 31.2 Å². The van der Waals surface area contributed by atoms with Gasteiger partial charge in [0, 0.05) is 16.3 Å². The number of fused-ring (bicyclic) bond motifs is 3. The summed E-state index contributed by atoms with van der Waals surface area (Å²) in [6, 6.07) is 14.4. The Morgan fingerprint density at radius 2 is 1.70 bits per heavy atom. The molecule has 0 aliphatic carbocycles. The molecule has 0 saturated heterocycles. The summed E-state index contributed by atoms with van der Waals surface area (Å²) in [5, 5.41) is 24.1. The lowest BCUT2D eigenvalue weighted by atomic mass is 10.1. The van der Waals surface area contributed by atoms with Gasteiger partial charge in [0.15, 0.2) is 11.5 Å². The molecule has 6 heteroatoms. The second kappa shape index (κ2) is 4.88. The average Bonchev–Trinajstić information content (AvgIpc) is 2.99. The van der Waals surface area contributed by atoms with Crippen LogP contribution in [-0.4, -0.2) is 30.9 Å². The van der Waals surface area contributed by atoms with Crippen LogP contribution in [0.2, 0.25) is 0 Å². The molecule has 0 aliphatic heterocycles. The van der Waals surface area contributed by atoms with Crippen LogP contribution in [0.4, 0.5) is 0 Å². The minimum Gasteiger partial charge on any atom is -0.478 e. The van der Waals surface area contributed by atoms with Crippen LogP contribution >= 0.6 is 0 Å². The van der Waals surface area contributed by atoms with Crippen molar-refractivity contribution in [2.24, 2.45) is 0 Å². The van der Waals surface area contributed by atoms with Gasteiger partial charge in [-0.3, -0.25) is 0 Å². The standard InChI is InChI=1S/C17H12N4O2/c1-10-13-4-2-3-5-14(13)16-19-18-15(21(16)20-10)11-6-8-12(9-7-11)17(22)23/h2-9H,1H3,(H,22,23). The highest BCUT2D eigenvalue weighted by atomic mass is 16.4. The highest BCUT2D eigenvalue weighted by Crippen LogP contribution is 2.24. The molecule has 4 aromatic rings. The Morgan fingerprint density at radius 3 is 2.39 bits per heavy atom. The number of carboxylic acids is 1. The molecule has 2 aromatic heterocycles. The summed E-state index contributed by atoms with van der Waals surface area (Å²) in [6.45, 7) is 1.94. The van der Waals surface area contributed by atoms with Crippen LogP contribution in [0.3, 0.4) is 0 Å². The molecular weight excluding hydrogens is 292 g/mol. The number of rotatable bonds is 2. The Labute approximate surface area is 131 Å². The molecule has 0 aliphatic rings. The fourth-order valence-electron chi connectivity index (χ4n) is 2.68. The number of aromatic nitrogens is 4. The third-order valence-corrected chi connectivity index (χ3v) is 3.84. The summed E-state index contributed by atoms with van der Waals surface area (Å²) in [6.07, 6.45) is 0.